The summed E-state index contributed by atoms with van der Waals surface area (Å²) in [6.07, 6.45) is 4.90. The molecule has 28 heavy (non-hydrogen) atoms. The van der Waals surface area contributed by atoms with Gasteiger partial charge in [-0.2, -0.15) is 0 Å². The average molecular weight is 408 g/mol. The molecule has 0 N–H and O–H groups in total. The molecule has 3 aromatic rings. The lowest BCUT2D eigenvalue weighted by atomic mass is 9.96. The van der Waals surface area contributed by atoms with E-state index in [2.05, 4.69) is 29.3 Å². The Kier molecular flexibility index (Phi) is 5.80. The lowest BCUT2D eigenvalue weighted by molar-refractivity contribution is 0.306. The predicted octanol–water partition coefficient (Wildman–Crippen LogP) is 6.63. The second kappa shape index (κ2) is 8.64. The topological polar surface area (TPSA) is 21.6 Å². The number of allylic oxidation sites excluding steroid dienone is 1. The smallest absolute Gasteiger partial charge is 0.120 e. The van der Waals surface area contributed by atoms with Crippen LogP contribution >= 0.6 is 23.2 Å². The number of aliphatic imine (C=N–C) groups is 1. The third kappa shape index (κ3) is 4.46. The first kappa shape index (κ1) is 18.8. The molecule has 0 spiro atoms. The summed E-state index contributed by atoms with van der Waals surface area (Å²) in [7, 11) is 0. The first-order valence-electron chi connectivity index (χ1n) is 9.17. The third-order valence-electron chi connectivity index (χ3n) is 4.65. The van der Waals surface area contributed by atoms with E-state index < -0.39 is 0 Å². The van der Waals surface area contributed by atoms with Gasteiger partial charge in [0.1, 0.15) is 12.4 Å². The fraction of sp³-hybridized carbons (Fsp3) is 0.125. The quantitative estimate of drug-likeness (QED) is 0.464. The maximum Gasteiger partial charge on any atom is 0.120 e. The Morgan fingerprint density at radius 2 is 1.79 bits per heavy atom. The molecule has 4 rings (SSSR count). The Morgan fingerprint density at radius 1 is 0.929 bits per heavy atom. The zero-order valence-corrected chi connectivity index (χ0v) is 16.8. The summed E-state index contributed by atoms with van der Waals surface area (Å²) in [5, 5.41) is 1.26. The summed E-state index contributed by atoms with van der Waals surface area (Å²) in [6.45, 7) is 1.33. The van der Waals surface area contributed by atoms with Gasteiger partial charge in [0.05, 0.1) is 5.71 Å². The normalized spacial score (nSPS) is 13.3. The fourth-order valence-electron chi connectivity index (χ4n) is 3.19. The van der Waals surface area contributed by atoms with Crippen molar-refractivity contribution in [2.45, 2.75) is 13.0 Å². The fourth-order valence-corrected chi connectivity index (χ4v) is 3.66. The largest absolute Gasteiger partial charge is 0.489 e. The average Bonchev–Trinajstić information content (AvgIpc) is 2.72. The summed E-state index contributed by atoms with van der Waals surface area (Å²) in [4.78, 5) is 4.68. The van der Waals surface area contributed by atoms with E-state index in [4.69, 9.17) is 27.9 Å². The van der Waals surface area contributed by atoms with Crippen LogP contribution in [0.1, 0.15) is 22.3 Å². The Bertz CT molecular complexity index is 1040. The summed E-state index contributed by atoms with van der Waals surface area (Å²) in [6, 6.07) is 21.9. The molecule has 3 aromatic carbocycles. The molecule has 0 radical (unpaired) electrons. The van der Waals surface area contributed by atoms with E-state index in [1.54, 1.807) is 6.07 Å². The molecule has 0 aromatic heterocycles. The van der Waals surface area contributed by atoms with Crippen molar-refractivity contribution in [2.75, 3.05) is 6.54 Å². The second-order valence-electron chi connectivity index (χ2n) is 6.61. The number of benzene rings is 3. The molecule has 1 heterocycles. The van der Waals surface area contributed by atoms with Crippen LogP contribution in [0.4, 0.5) is 0 Å². The Labute approximate surface area is 175 Å². The van der Waals surface area contributed by atoms with Crippen molar-refractivity contribution in [2.24, 2.45) is 4.99 Å². The van der Waals surface area contributed by atoms with Crippen molar-refractivity contribution in [1.82, 2.24) is 0 Å². The predicted molar refractivity (Wildman–Crippen MR) is 118 cm³/mol. The van der Waals surface area contributed by atoms with E-state index in [1.165, 1.54) is 5.56 Å². The molecule has 4 heteroatoms. The van der Waals surface area contributed by atoms with Crippen LogP contribution in [0.3, 0.4) is 0 Å². The van der Waals surface area contributed by atoms with Gasteiger partial charge in [-0.1, -0.05) is 65.7 Å². The highest BCUT2D eigenvalue weighted by Crippen LogP contribution is 2.25. The van der Waals surface area contributed by atoms with Gasteiger partial charge in [0.2, 0.25) is 0 Å². The van der Waals surface area contributed by atoms with E-state index in [1.807, 2.05) is 48.6 Å². The van der Waals surface area contributed by atoms with Crippen molar-refractivity contribution in [1.29, 1.82) is 0 Å². The van der Waals surface area contributed by atoms with E-state index in [0.29, 0.717) is 16.7 Å². The molecule has 0 saturated heterocycles. The summed E-state index contributed by atoms with van der Waals surface area (Å²) >= 11 is 12.2. The molecule has 0 amide bonds. The molecular weight excluding hydrogens is 389 g/mol. The lowest BCUT2D eigenvalue weighted by Gasteiger charge is -2.16. The molecule has 0 atom stereocenters. The van der Waals surface area contributed by atoms with Crippen molar-refractivity contribution < 1.29 is 4.74 Å². The number of hydrogen-bond acceptors (Lipinski definition) is 2. The van der Waals surface area contributed by atoms with Gasteiger partial charge in [-0.3, -0.25) is 4.99 Å². The maximum atomic E-state index is 6.26. The van der Waals surface area contributed by atoms with Crippen LogP contribution in [0.5, 0.6) is 5.75 Å². The van der Waals surface area contributed by atoms with E-state index in [9.17, 15) is 0 Å². The van der Waals surface area contributed by atoms with Crippen LogP contribution in [0.2, 0.25) is 10.0 Å². The maximum absolute atomic E-state index is 6.26. The van der Waals surface area contributed by atoms with Crippen molar-refractivity contribution in [3.8, 4) is 5.75 Å². The van der Waals surface area contributed by atoms with Gasteiger partial charge in [0.25, 0.3) is 0 Å². The molecule has 2 nitrogen and oxygen atoms in total. The first-order valence-corrected chi connectivity index (χ1v) is 9.92. The van der Waals surface area contributed by atoms with Gasteiger partial charge in [-0.05, 0) is 59.5 Å². The van der Waals surface area contributed by atoms with Gasteiger partial charge in [-0.25, -0.2) is 0 Å². The van der Waals surface area contributed by atoms with Gasteiger partial charge in [0, 0.05) is 22.2 Å². The molecule has 140 valence electrons. The van der Waals surface area contributed by atoms with Crippen LogP contribution in [-0.4, -0.2) is 12.3 Å². The highest BCUT2D eigenvalue weighted by molar-refractivity contribution is 6.35. The minimum Gasteiger partial charge on any atom is -0.489 e. The zero-order chi connectivity index (χ0) is 19.3. The van der Waals surface area contributed by atoms with Gasteiger partial charge < -0.3 is 4.74 Å². The van der Waals surface area contributed by atoms with Crippen LogP contribution in [0, 0.1) is 0 Å². The zero-order valence-electron chi connectivity index (χ0n) is 15.2. The number of rotatable bonds is 5. The Morgan fingerprint density at radius 3 is 2.61 bits per heavy atom. The Balaban J connectivity index is 1.51. The van der Waals surface area contributed by atoms with Gasteiger partial charge >= 0.3 is 0 Å². The minimum absolute atomic E-state index is 0.565. The van der Waals surface area contributed by atoms with Crippen molar-refractivity contribution >= 4 is 35.0 Å². The van der Waals surface area contributed by atoms with Crippen LogP contribution in [-0.2, 0) is 13.0 Å². The Hall–Kier alpha value is -2.55. The van der Waals surface area contributed by atoms with Crippen molar-refractivity contribution in [3.63, 3.8) is 0 Å². The van der Waals surface area contributed by atoms with Crippen LogP contribution in [0.25, 0.3) is 6.08 Å². The number of fused-ring (bicyclic) bond motifs is 1. The highest BCUT2D eigenvalue weighted by Gasteiger charge is 2.13. The van der Waals surface area contributed by atoms with Gasteiger partial charge in [0.15, 0.2) is 0 Å². The first-order chi connectivity index (χ1) is 13.7. The van der Waals surface area contributed by atoms with Gasteiger partial charge in [-0.15, -0.1) is 0 Å². The monoisotopic (exact) mass is 407 g/mol. The molecule has 0 bridgehead atoms. The lowest BCUT2D eigenvalue weighted by Crippen LogP contribution is -2.11. The molecule has 1 aliphatic heterocycles. The van der Waals surface area contributed by atoms with Crippen LogP contribution < -0.4 is 4.74 Å². The number of ether oxygens (including phenoxy) is 1. The van der Waals surface area contributed by atoms with E-state index in [-0.39, 0.29) is 0 Å². The summed E-state index contributed by atoms with van der Waals surface area (Å²) in [5.41, 5.74) is 5.43. The van der Waals surface area contributed by atoms with E-state index in [0.717, 1.165) is 41.1 Å². The molecular formula is C24H19Cl2NO. The summed E-state index contributed by atoms with van der Waals surface area (Å²) in [5.74, 6) is 0.883. The number of halogens is 2. The third-order valence-corrected chi connectivity index (χ3v) is 5.21. The molecule has 0 aliphatic carbocycles. The molecule has 0 unspecified atom stereocenters. The molecule has 0 saturated carbocycles. The minimum atomic E-state index is 0.565. The second-order valence-corrected chi connectivity index (χ2v) is 7.45. The number of hydrogen-bond donors (Lipinski definition) is 0. The highest BCUT2D eigenvalue weighted by atomic mass is 35.5. The summed E-state index contributed by atoms with van der Waals surface area (Å²) < 4.78 is 5.96. The standard InChI is InChI=1S/C24H19Cl2NO/c25-20-8-6-18(23(26)15-20)7-11-24-22-10-9-21(14-19(22)12-13-27-24)28-16-17-4-2-1-3-5-17/h1-11,14-15H,12-13,16H2/b11-7+. The SMILES string of the molecule is Clc1ccc(/C=C/C2=NCCc3cc(OCc4ccccc4)ccc32)c(Cl)c1. The molecule has 1 aliphatic rings. The number of nitrogens with zero attached hydrogens (tertiary/aromatic N) is 1. The van der Waals surface area contributed by atoms with Crippen molar-refractivity contribution in [3.05, 3.63) is 105 Å². The van der Waals surface area contributed by atoms with Crippen LogP contribution in [0.15, 0.2) is 77.8 Å². The molecule has 0 fully saturated rings. The van der Waals surface area contributed by atoms with E-state index >= 15 is 0 Å².